The SMILES string of the molecule is COCC(O)CNC(=O)C(C)c1ccccc1F. The molecule has 2 atom stereocenters. The molecular formula is C13H18FNO3. The van der Waals surface area contributed by atoms with Gasteiger partial charge in [-0.25, -0.2) is 4.39 Å². The first-order valence-corrected chi connectivity index (χ1v) is 5.75. The lowest BCUT2D eigenvalue weighted by Crippen LogP contribution is -2.36. The molecule has 0 saturated carbocycles. The quantitative estimate of drug-likeness (QED) is 0.799. The van der Waals surface area contributed by atoms with Crippen molar-refractivity contribution in [3.63, 3.8) is 0 Å². The molecule has 0 aromatic heterocycles. The second-order valence-electron chi connectivity index (χ2n) is 4.10. The second kappa shape index (κ2) is 7.08. The van der Waals surface area contributed by atoms with E-state index in [1.165, 1.54) is 13.2 Å². The third kappa shape index (κ3) is 4.09. The highest BCUT2D eigenvalue weighted by molar-refractivity contribution is 5.83. The van der Waals surface area contributed by atoms with Gasteiger partial charge in [0.15, 0.2) is 0 Å². The first-order valence-electron chi connectivity index (χ1n) is 5.75. The normalized spacial score (nSPS) is 14.0. The van der Waals surface area contributed by atoms with Crippen molar-refractivity contribution in [2.24, 2.45) is 0 Å². The zero-order valence-electron chi connectivity index (χ0n) is 10.5. The van der Waals surface area contributed by atoms with Gasteiger partial charge in [-0.1, -0.05) is 18.2 Å². The van der Waals surface area contributed by atoms with Crippen molar-refractivity contribution in [1.29, 1.82) is 0 Å². The number of carbonyl (C=O) groups excluding carboxylic acids is 1. The molecule has 0 saturated heterocycles. The lowest BCUT2D eigenvalue weighted by molar-refractivity contribution is -0.122. The topological polar surface area (TPSA) is 58.6 Å². The molecule has 5 heteroatoms. The van der Waals surface area contributed by atoms with Crippen molar-refractivity contribution in [2.75, 3.05) is 20.3 Å². The molecule has 1 amide bonds. The summed E-state index contributed by atoms with van der Waals surface area (Å²) in [4.78, 5) is 11.8. The van der Waals surface area contributed by atoms with E-state index in [2.05, 4.69) is 5.32 Å². The van der Waals surface area contributed by atoms with E-state index in [0.29, 0.717) is 5.56 Å². The average Bonchev–Trinajstić information content (AvgIpc) is 2.36. The molecule has 0 spiro atoms. The van der Waals surface area contributed by atoms with Crippen LogP contribution in [0.15, 0.2) is 24.3 Å². The van der Waals surface area contributed by atoms with Crippen molar-refractivity contribution in [3.8, 4) is 0 Å². The highest BCUT2D eigenvalue weighted by Gasteiger charge is 2.18. The van der Waals surface area contributed by atoms with Crippen LogP contribution in [0.4, 0.5) is 4.39 Å². The molecule has 0 fully saturated rings. The molecule has 18 heavy (non-hydrogen) atoms. The van der Waals surface area contributed by atoms with E-state index in [1.54, 1.807) is 25.1 Å². The summed E-state index contributed by atoms with van der Waals surface area (Å²) in [7, 11) is 1.47. The van der Waals surface area contributed by atoms with Crippen LogP contribution < -0.4 is 5.32 Å². The molecule has 2 N–H and O–H groups in total. The summed E-state index contributed by atoms with van der Waals surface area (Å²) in [6, 6.07) is 6.15. The Morgan fingerprint density at radius 1 is 1.50 bits per heavy atom. The summed E-state index contributed by atoms with van der Waals surface area (Å²) < 4.78 is 18.2. The molecule has 0 aliphatic heterocycles. The Kier molecular flexibility index (Phi) is 5.74. The summed E-state index contributed by atoms with van der Waals surface area (Å²) in [6.45, 7) is 1.86. The number of nitrogens with one attached hydrogen (secondary N) is 1. The van der Waals surface area contributed by atoms with Gasteiger partial charge in [0, 0.05) is 13.7 Å². The van der Waals surface area contributed by atoms with Gasteiger partial charge in [-0.3, -0.25) is 4.79 Å². The van der Waals surface area contributed by atoms with E-state index in [-0.39, 0.29) is 19.1 Å². The zero-order valence-corrected chi connectivity index (χ0v) is 10.5. The monoisotopic (exact) mass is 255 g/mol. The first-order chi connectivity index (χ1) is 8.56. The Labute approximate surface area is 106 Å². The van der Waals surface area contributed by atoms with Crippen molar-refractivity contribution < 1.29 is 19.0 Å². The van der Waals surface area contributed by atoms with Crippen molar-refractivity contribution in [3.05, 3.63) is 35.6 Å². The Balaban J connectivity index is 2.54. The third-order valence-corrected chi connectivity index (χ3v) is 2.64. The Bertz CT molecular complexity index is 398. The molecule has 1 rings (SSSR count). The summed E-state index contributed by atoms with van der Waals surface area (Å²) in [5.74, 6) is -1.33. The van der Waals surface area contributed by atoms with E-state index in [1.807, 2.05) is 0 Å². The molecule has 1 aromatic rings. The number of methoxy groups -OCH3 is 1. The minimum Gasteiger partial charge on any atom is -0.389 e. The summed E-state index contributed by atoms with van der Waals surface area (Å²) in [6.07, 6.45) is -0.758. The molecule has 0 radical (unpaired) electrons. The number of aliphatic hydroxyl groups excluding tert-OH is 1. The number of amides is 1. The van der Waals surface area contributed by atoms with Gasteiger partial charge in [0.1, 0.15) is 5.82 Å². The highest BCUT2D eigenvalue weighted by Crippen LogP contribution is 2.18. The van der Waals surface area contributed by atoms with Crippen LogP contribution >= 0.6 is 0 Å². The van der Waals surface area contributed by atoms with Crippen LogP contribution in [0, 0.1) is 5.82 Å². The minimum absolute atomic E-state index is 0.0888. The van der Waals surface area contributed by atoms with Gasteiger partial charge >= 0.3 is 0 Å². The van der Waals surface area contributed by atoms with Crippen LogP contribution in [0.1, 0.15) is 18.4 Å². The molecule has 100 valence electrons. The van der Waals surface area contributed by atoms with E-state index >= 15 is 0 Å². The summed E-state index contributed by atoms with van der Waals surface area (Å²) in [5, 5.41) is 11.9. The fourth-order valence-corrected chi connectivity index (χ4v) is 1.59. The maximum Gasteiger partial charge on any atom is 0.227 e. The fourth-order valence-electron chi connectivity index (χ4n) is 1.59. The number of ether oxygens (including phenoxy) is 1. The maximum absolute atomic E-state index is 13.5. The average molecular weight is 255 g/mol. The molecule has 0 aliphatic rings. The highest BCUT2D eigenvalue weighted by atomic mass is 19.1. The predicted molar refractivity (Wildman–Crippen MR) is 65.7 cm³/mol. The predicted octanol–water partition coefficient (Wildman–Crippen LogP) is 1.05. The van der Waals surface area contributed by atoms with E-state index in [0.717, 1.165) is 0 Å². The number of rotatable bonds is 6. The zero-order chi connectivity index (χ0) is 13.5. The number of halogens is 1. The van der Waals surface area contributed by atoms with Gasteiger partial charge in [-0.2, -0.15) is 0 Å². The lowest BCUT2D eigenvalue weighted by atomic mass is 10.00. The number of carbonyl (C=O) groups is 1. The van der Waals surface area contributed by atoms with Crippen LogP contribution in [0.25, 0.3) is 0 Å². The Morgan fingerprint density at radius 3 is 2.78 bits per heavy atom. The van der Waals surface area contributed by atoms with Gasteiger partial charge in [-0.05, 0) is 18.6 Å². The minimum atomic E-state index is -0.758. The molecule has 0 aliphatic carbocycles. The second-order valence-corrected chi connectivity index (χ2v) is 4.10. The van der Waals surface area contributed by atoms with Crippen molar-refractivity contribution >= 4 is 5.91 Å². The van der Waals surface area contributed by atoms with Crippen molar-refractivity contribution in [2.45, 2.75) is 18.9 Å². The van der Waals surface area contributed by atoms with Crippen LogP contribution in [-0.2, 0) is 9.53 Å². The smallest absolute Gasteiger partial charge is 0.227 e. The number of hydrogen-bond acceptors (Lipinski definition) is 3. The van der Waals surface area contributed by atoms with Gasteiger partial charge in [0.05, 0.1) is 18.6 Å². The molecule has 4 nitrogen and oxygen atoms in total. The van der Waals surface area contributed by atoms with E-state index in [9.17, 15) is 14.3 Å². The molecule has 1 aromatic carbocycles. The van der Waals surface area contributed by atoms with Crippen LogP contribution in [-0.4, -0.2) is 37.4 Å². The first kappa shape index (κ1) is 14.6. The van der Waals surface area contributed by atoms with Crippen LogP contribution in [0.3, 0.4) is 0 Å². The van der Waals surface area contributed by atoms with Crippen LogP contribution in [0.2, 0.25) is 0 Å². The molecule has 0 heterocycles. The van der Waals surface area contributed by atoms with E-state index < -0.39 is 17.8 Å². The van der Waals surface area contributed by atoms with Crippen LogP contribution in [0.5, 0.6) is 0 Å². The van der Waals surface area contributed by atoms with E-state index in [4.69, 9.17) is 4.74 Å². The van der Waals surface area contributed by atoms with Gasteiger partial charge < -0.3 is 15.2 Å². The summed E-state index contributed by atoms with van der Waals surface area (Å²) >= 11 is 0. The molecule has 0 bridgehead atoms. The number of aliphatic hydroxyl groups is 1. The summed E-state index contributed by atoms with van der Waals surface area (Å²) in [5.41, 5.74) is 0.344. The third-order valence-electron chi connectivity index (χ3n) is 2.64. The maximum atomic E-state index is 13.5. The standard InChI is InChI=1S/C13H18FNO3/c1-9(11-5-3-4-6-12(11)14)13(17)15-7-10(16)8-18-2/h3-6,9-10,16H,7-8H2,1-2H3,(H,15,17). The number of hydrogen-bond donors (Lipinski definition) is 2. The Morgan fingerprint density at radius 2 is 2.17 bits per heavy atom. The molecule has 2 unspecified atom stereocenters. The molecular weight excluding hydrogens is 237 g/mol. The van der Waals surface area contributed by atoms with Gasteiger partial charge in [0.2, 0.25) is 5.91 Å². The fraction of sp³-hybridized carbons (Fsp3) is 0.462. The van der Waals surface area contributed by atoms with Gasteiger partial charge in [-0.15, -0.1) is 0 Å². The lowest BCUT2D eigenvalue weighted by Gasteiger charge is -2.15. The largest absolute Gasteiger partial charge is 0.389 e. The Hall–Kier alpha value is -1.46. The number of benzene rings is 1. The van der Waals surface area contributed by atoms with Crippen molar-refractivity contribution in [1.82, 2.24) is 5.32 Å². The van der Waals surface area contributed by atoms with Gasteiger partial charge in [0.25, 0.3) is 0 Å².